The molecule has 38 heavy (non-hydrogen) atoms. The molecule has 2 heterocycles. The summed E-state index contributed by atoms with van der Waals surface area (Å²) in [6.07, 6.45) is 1.49. The van der Waals surface area contributed by atoms with Crippen LogP contribution in [0.15, 0.2) is 77.7 Å². The zero-order valence-electron chi connectivity index (χ0n) is 20.9. The zero-order chi connectivity index (χ0) is 26.9. The van der Waals surface area contributed by atoms with Crippen LogP contribution < -0.4 is 15.1 Å². The van der Waals surface area contributed by atoms with Crippen molar-refractivity contribution in [2.45, 2.75) is 12.3 Å². The standard InChI is InChI=1S/C28H28ClFN4O3S/c1-32-11-13-33(14-12-32)27-16-26-23(15-24(27)30)28(35)25(18-34(26)17-20-7-9-22(29)10-8-20)31-38(36,37)19-21-5-3-2-4-6-21/h2-10,15-16,18,31H,11-14,17,19H2,1H3. The number of hydrogen-bond acceptors (Lipinski definition) is 5. The van der Waals surface area contributed by atoms with Crippen LogP contribution >= 0.6 is 11.6 Å². The highest BCUT2D eigenvalue weighted by molar-refractivity contribution is 7.91. The van der Waals surface area contributed by atoms with Crippen LogP contribution in [-0.4, -0.2) is 51.1 Å². The second kappa shape index (κ2) is 10.8. The van der Waals surface area contributed by atoms with Gasteiger partial charge in [0.15, 0.2) is 0 Å². The van der Waals surface area contributed by atoms with Crippen LogP contribution in [0, 0.1) is 5.82 Å². The van der Waals surface area contributed by atoms with Crippen LogP contribution in [0.1, 0.15) is 11.1 Å². The summed E-state index contributed by atoms with van der Waals surface area (Å²) in [4.78, 5) is 17.6. The molecular formula is C28H28ClFN4O3S. The molecule has 0 atom stereocenters. The van der Waals surface area contributed by atoms with E-state index in [2.05, 4.69) is 9.62 Å². The maximum atomic E-state index is 15.4. The van der Waals surface area contributed by atoms with Gasteiger partial charge >= 0.3 is 0 Å². The Bertz CT molecular complexity index is 1620. The Morgan fingerprint density at radius 3 is 2.32 bits per heavy atom. The third-order valence-electron chi connectivity index (χ3n) is 6.72. The van der Waals surface area contributed by atoms with Crippen molar-refractivity contribution < 1.29 is 12.8 Å². The Hall–Kier alpha value is -3.40. The molecule has 0 aliphatic carbocycles. The molecule has 0 amide bonds. The first-order chi connectivity index (χ1) is 18.2. The Morgan fingerprint density at radius 2 is 1.63 bits per heavy atom. The first-order valence-corrected chi connectivity index (χ1v) is 14.3. The van der Waals surface area contributed by atoms with E-state index in [0.717, 1.165) is 18.7 Å². The summed E-state index contributed by atoms with van der Waals surface area (Å²) < 4.78 is 45.5. The monoisotopic (exact) mass is 554 g/mol. The number of nitrogens with one attached hydrogen (secondary N) is 1. The lowest BCUT2D eigenvalue weighted by Crippen LogP contribution is -2.44. The van der Waals surface area contributed by atoms with Crippen molar-refractivity contribution >= 4 is 43.9 Å². The largest absolute Gasteiger partial charge is 0.367 e. The lowest BCUT2D eigenvalue weighted by atomic mass is 10.1. The molecule has 1 saturated heterocycles. The lowest BCUT2D eigenvalue weighted by molar-refractivity contribution is 0.312. The van der Waals surface area contributed by atoms with Crippen molar-refractivity contribution in [1.29, 1.82) is 0 Å². The maximum absolute atomic E-state index is 15.4. The smallest absolute Gasteiger partial charge is 0.237 e. The van der Waals surface area contributed by atoms with Crippen LogP contribution in [0.3, 0.4) is 0 Å². The fourth-order valence-corrected chi connectivity index (χ4v) is 5.99. The topological polar surface area (TPSA) is 74.7 Å². The highest BCUT2D eigenvalue weighted by atomic mass is 35.5. The molecule has 198 valence electrons. The van der Waals surface area contributed by atoms with Crippen LogP contribution in [0.25, 0.3) is 10.9 Å². The van der Waals surface area contributed by atoms with Crippen molar-refractivity contribution in [2.24, 2.45) is 0 Å². The lowest BCUT2D eigenvalue weighted by Gasteiger charge is -2.34. The molecular weight excluding hydrogens is 527 g/mol. The second-order valence-corrected chi connectivity index (χ2v) is 11.7. The van der Waals surface area contributed by atoms with Gasteiger partial charge in [0.2, 0.25) is 15.5 Å². The van der Waals surface area contributed by atoms with Crippen molar-refractivity contribution in [3.63, 3.8) is 0 Å². The quantitative estimate of drug-likeness (QED) is 0.363. The number of anilines is 2. The molecule has 10 heteroatoms. The van der Waals surface area contributed by atoms with E-state index in [1.54, 1.807) is 53.1 Å². The van der Waals surface area contributed by atoms with E-state index in [1.165, 1.54) is 12.3 Å². The van der Waals surface area contributed by atoms with E-state index in [1.807, 2.05) is 24.1 Å². The molecule has 0 unspecified atom stereocenters. The molecule has 1 N–H and O–H groups in total. The number of fused-ring (bicyclic) bond motifs is 1. The molecule has 1 aliphatic heterocycles. The van der Waals surface area contributed by atoms with Gasteiger partial charge < -0.3 is 14.4 Å². The van der Waals surface area contributed by atoms with Gasteiger partial charge in [-0.15, -0.1) is 0 Å². The van der Waals surface area contributed by atoms with Gasteiger partial charge in [-0.25, -0.2) is 12.8 Å². The number of sulfonamides is 1. The van der Waals surface area contributed by atoms with Gasteiger partial charge in [-0.2, -0.15) is 0 Å². The van der Waals surface area contributed by atoms with Gasteiger partial charge in [-0.05, 0) is 42.4 Å². The van der Waals surface area contributed by atoms with Crippen molar-refractivity contribution in [2.75, 3.05) is 42.8 Å². The highest BCUT2D eigenvalue weighted by Gasteiger charge is 2.22. The number of pyridine rings is 1. The minimum absolute atomic E-state index is 0.106. The minimum Gasteiger partial charge on any atom is -0.367 e. The Labute approximate surface area is 226 Å². The molecule has 1 fully saturated rings. The fraction of sp³-hybridized carbons (Fsp3) is 0.250. The predicted octanol–water partition coefficient (Wildman–Crippen LogP) is 4.54. The molecule has 3 aromatic carbocycles. The molecule has 1 aromatic heterocycles. The summed E-state index contributed by atoms with van der Waals surface area (Å²) in [6, 6.07) is 18.9. The highest BCUT2D eigenvalue weighted by Crippen LogP contribution is 2.28. The molecule has 4 aromatic rings. The SMILES string of the molecule is CN1CCN(c2cc3c(cc2F)c(=O)c(NS(=O)(=O)Cc2ccccc2)cn3Cc2ccc(Cl)cc2)CC1. The van der Waals surface area contributed by atoms with E-state index < -0.39 is 21.3 Å². The first kappa shape index (κ1) is 26.2. The fourth-order valence-electron chi connectivity index (χ4n) is 4.68. The van der Waals surface area contributed by atoms with Crippen LogP contribution in [0.5, 0.6) is 0 Å². The number of rotatable bonds is 7. The van der Waals surface area contributed by atoms with Gasteiger partial charge in [0, 0.05) is 43.9 Å². The number of hydrogen-bond donors (Lipinski definition) is 1. The molecule has 0 spiro atoms. The minimum atomic E-state index is -3.90. The molecule has 5 rings (SSSR count). The van der Waals surface area contributed by atoms with E-state index in [-0.39, 0.29) is 16.8 Å². The third kappa shape index (κ3) is 5.85. The third-order valence-corrected chi connectivity index (χ3v) is 8.22. The van der Waals surface area contributed by atoms with Gasteiger partial charge in [-0.1, -0.05) is 54.1 Å². The number of benzene rings is 3. The second-order valence-electron chi connectivity index (χ2n) is 9.58. The summed E-state index contributed by atoms with van der Waals surface area (Å²) in [5.41, 5.74) is 1.72. The average Bonchev–Trinajstić information content (AvgIpc) is 2.89. The first-order valence-electron chi connectivity index (χ1n) is 12.3. The van der Waals surface area contributed by atoms with Gasteiger partial charge in [-0.3, -0.25) is 9.52 Å². The molecule has 1 aliphatic rings. The van der Waals surface area contributed by atoms with E-state index >= 15 is 4.39 Å². The van der Waals surface area contributed by atoms with Gasteiger partial charge in [0.25, 0.3) is 0 Å². The van der Waals surface area contributed by atoms with Crippen LogP contribution in [0.2, 0.25) is 5.02 Å². The number of nitrogens with zero attached hydrogens (tertiary/aromatic N) is 3. The number of halogens is 2. The Morgan fingerprint density at radius 1 is 0.947 bits per heavy atom. The van der Waals surface area contributed by atoms with E-state index in [4.69, 9.17) is 11.6 Å². The zero-order valence-corrected chi connectivity index (χ0v) is 22.5. The molecule has 0 radical (unpaired) electrons. The van der Waals surface area contributed by atoms with Gasteiger partial charge in [0.05, 0.1) is 22.3 Å². The normalized spacial score (nSPS) is 14.7. The van der Waals surface area contributed by atoms with Crippen molar-refractivity contribution in [1.82, 2.24) is 9.47 Å². The van der Waals surface area contributed by atoms with E-state index in [9.17, 15) is 13.2 Å². The molecule has 0 bridgehead atoms. The summed E-state index contributed by atoms with van der Waals surface area (Å²) in [5, 5.41) is 0.696. The predicted molar refractivity (Wildman–Crippen MR) is 151 cm³/mol. The number of likely N-dealkylation sites (N-methyl/N-ethyl adjacent to an activating group) is 1. The van der Waals surface area contributed by atoms with Crippen LogP contribution in [-0.2, 0) is 22.3 Å². The summed E-state index contributed by atoms with van der Waals surface area (Å²) in [7, 11) is -1.88. The van der Waals surface area contributed by atoms with Crippen molar-refractivity contribution in [3.05, 3.63) is 105 Å². The maximum Gasteiger partial charge on any atom is 0.237 e. The van der Waals surface area contributed by atoms with Gasteiger partial charge in [0.1, 0.15) is 11.5 Å². The summed E-state index contributed by atoms with van der Waals surface area (Å²) in [6.45, 7) is 3.26. The van der Waals surface area contributed by atoms with E-state index in [0.29, 0.717) is 41.4 Å². The number of piperazine rings is 1. The Balaban J connectivity index is 1.59. The average molecular weight is 555 g/mol. The van der Waals surface area contributed by atoms with Crippen molar-refractivity contribution in [3.8, 4) is 0 Å². The molecule has 7 nitrogen and oxygen atoms in total. The Kier molecular flexibility index (Phi) is 7.43. The van der Waals surface area contributed by atoms with Crippen LogP contribution in [0.4, 0.5) is 15.8 Å². The number of aromatic nitrogens is 1. The summed E-state index contributed by atoms with van der Waals surface area (Å²) >= 11 is 6.05. The summed E-state index contributed by atoms with van der Waals surface area (Å²) in [5.74, 6) is -0.805. The molecule has 0 saturated carbocycles.